The van der Waals surface area contributed by atoms with Crippen LogP contribution in [-0.4, -0.2) is 20.0 Å². The number of anilines is 1. The van der Waals surface area contributed by atoms with Crippen LogP contribution in [0.2, 0.25) is 0 Å². The lowest BCUT2D eigenvalue weighted by Crippen LogP contribution is -2.25. The lowest BCUT2D eigenvalue weighted by Gasteiger charge is -2.11. The van der Waals surface area contributed by atoms with Crippen LogP contribution in [0.1, 0.15) is 36.5 Å². The fourth-order valence-electron chi connectivity index (χ4n) is 4.47. The monoisotopic (exact) mass is 464 g/mol. The number of rotatable bonds is 6. The van der Waals surface area contributed by atoms with E-state index < -0.39 is 0 Å². The van der Waals surface area contributed by atoms with Gasteiger partial charge in [0.15, 0.2) is 0 Å². The number of carbonyl (C=O) groups is 1. The third kappa shape index (κ3) is 4.47. The van der Waals surface area contributed by atoms with E-state index in [-0.39, 0.29) is 18.0 Å². The molecule has 0 saturated carbocycles. The lowest BCUT2D eigenvalue weighted by molar-refractivity contribution is -0.116. The van der Waals surface area contributed by atoms with Gasteiger partial charge < -0.3 is 9.88 Å². The van der Waals surface area contributed by atoms with Gasteiger partial charge >= 0.3 is 0 Å². The van der Waals surface area contributed by atoms with Crippen molar-refractivity contribution in [2.75, 3.05) is 5.32 Å². The Morgan fingerprint density at radius 1 is 1.00 bits per heavy atom. The first-order chi connectivity index (χ1) is 16.9. The number of fused-ring (bicyclic) bond motifs is 3. The molecule has 6 heteroatoms. The highest BCUT2D eigenvalue weighted by Crippen LogP contribution is 2.27. The zero-order valence-electron chi connectivity index (χ0n) is 20.2. The molecule has 3 aromatic carbocycles. The van der Waals surface area contributed by atoms with E-state index in [0.29, 0.717) is 23.5 Å². The van der Waals surface area contributed by atoms with Gasteiger partial charge in [-0.1, -0.05) is 67.9 Å². The second-order valence-electron chi connectivity index (χ2n) is 9.29. The van der Waals surface area contributed by atoms with Gasteiger partial charge in [-0.15, -0.1) is 0 Å². The molecule has 0 saturated heterocycles. The summed E-state index contributed by atoms with van der Waals surface area (Å²) in [4.78, 5) is 31.4. The van der Waals surface area contributed by atoms with Crippen LogP contribution in [0.3, 0.4) is 0 Å². The quantitative estimate of drug-likeness (QED) is 0.362. The molecule has 0 radical (unpaired) electrons. The molecule has 2 aromatic heterocycles. The maximum atomic E-state index is 13.6. The Hall–Kier alpha value is -4.19. The zero-order chi connectivity index (χ0) is 24.5. The topological polar surface area (TPSA) is 68.9 Å². The van der Waals surface area contributed by atoms with Crippen molar-refractivity contribution in [1.29, 1.82) is 0 Å². The molecule has 1 N–H and O–H groups in total. The zero-order valence-corrected chi connectivity index (χ0v) is 20.2. The summed E-state index contributed by atoms with van der Waals surface area (Å²) in [6.07, 6.45) is 1.60. The SMILES string of the molecule is Cc1ccc2c(c1)c1ncn(Cc3ccccc3)c(=O)c1n2CC(=O)Nc1ccc(C(C)C)cc1. The summed E-state index contributed by atoms with van der Waals surface area (Å²) in [5, 5.41) is 3.85. The number of amides is 1. The molecule has 0 unspecified atom stereocenters. The fourth-order valence-corrected chi connectivity index (χ4v) is 4.47. The van der Waals surface area contributed by atoms with Crippen LogP contribution in [0.5, 0.6) is 0 Å². The third-order valence-corrected chi connectivity index (χ3v) is 6.34. The van der Waals surface area contributed by atoms with E-state index in [4.69, 9.17) is 0 Å². The Balaban J connectivity index is 1.55. The maximum absolute atomic E-state index is 13.6. The number of nitrogens with zero attached hydrogens (tertiary/aromatic N) is 3. The van der Waals surface area contributed by atoms with Crippen molar-refractivity contribution in [2.24, 2.45) is 0 Å². The number of benzene rings is 3. The molecule has 0 fully saturated rings. The minimum Gasteiger partial charge on any atom is -0.325 e. The van der Waals surface area contributed by atoms with E-state index in [9.17, 15) is 9.59 Å². The van der Waals surface area contributed by atoms with Crippen LogP contribution in [0.4, 0.5) is 5.69 Å². The van der Waals surface area contributed by atoms with E-state index in [2.05, 4.69) is 24.1 Å². The van der Waals surface area contributed by atoms with Crippen LogP contribution < -0.4 is 10.9 Å². The minimum absolute atomic E-state index is 0.0151. The summed E-state index contributed by atoms with van der Waals surface area (Å²) < 4.78 is 3.39. The van der Waals surface area contributed by atoms with Crippen LogP contribution in [0, 0.1) is 6.92 Å². The average molecular weight is 465 g/mol. The number of aromatic nitrogens is 3. The Morgan fingerprint density at radius 2 is 1.74 bits per heavy atom. The van der Waals surface area contributed by atoms with Crippen molar-refractivity contribution in [3.05, 3.63) is 106 Å². The molecule has 0 atom stereocenters. The van der Waals surface area contributed by atoms with Crippen molar-refractivity contribution in [3.63, 3.8) is 0 Å². The third-order valence-electron chi connectivity index (χ3n) is 6.34. The minimum atomic E-state index is -0.195. The van der Waals surface area contributed by atoms with E-state index in [1.807, 2.05) is 79.7 Å². The number of hydrogen-bond donors (Lipinski definition) is 1. The van der Waals surface area contributed by atoms with E-state index in [1.165, 1.54) is 5.56 Å². The second kappa shape index (κ2) is 9.22. The van der Waals surface area contributed by atoms with Crippen LogP contribution in [-0.2, 0) is 17.9 Å². The predicted molar refractivity (Wildman–Crippen MR) is 141 cm³/mol. The van der Waals surface area contributed by atoms with Gasteiger partial charge in [-0.25, -0.2) is 4.98 Å². The molecule has 2 heterocycles. The lowest BCUT2D eigenvalue weighted by atomic mass is 10.0. The van der Waals surface area contributed by atoms with Gasteiger partial charge in [0, 0.05) is 11.1 Å². The molecular formula is C29H28N4O2. The van der Waals surface area contributed by atoms with Crippen molar-refractivity contribution in [3.8, 4) is 0 Å². The van der Waals surface area contributed by atoms with Crippen molar-refractivity contribution >= 4 is 33.5 Å². The highest BCUT2D eigenvalue weighted by Gasteiger charge is 2.19. The molecule has 1 amide bonds. The van der Waals surface area contributed by atoms with Gasteiger partial charge in [-0.05, 0) is 48.2 Å². The first kappa shape index (κ1) is 22.6. The van der Waals surface area contributed by atoms with Gasteiger partial charge in [0.05, 0.1) is 18.4 Å². The molecule has 0 aliphatic heterocycles. The van der Waals surface area contributed by atoms with Crippen molar-refractivity contribution in [1.82, 2.24) is 14.1 Å². The van der Waals surface area contributed by atoms with Crippen molar-refractivity contribution in [2.45, 2.75) is 39.8 Å². The van der Waals surface area contributed by atoms with Crippen LogP contribution >= 0.6 is 0 Å². The van der Waals surface area contributed by atoms with Gasteiger partial charge in [0.2, 0.25) is 5.91 Å². The summed E-state index contributed by atoms with van der Waals surface area (Å²) in [7, 11) is 0. The average Bonchev–Trinajstić information content (AvgIpc) is 3.15. The molecule has 0 aliphatic carbocycles. The number of nitrogens with one attached hydrogen (secondary N) is 1. The maximum Gasteiger partial charge on any atom is 0.278 e. The second-order valence-corrected chi connectivity index (χ2v) is 9.29. The summed E-state index contributed by atoms with van der Waals surface area (Å²) in [6, 6.07) is 23.6. The van der Waals surface area contributed by atoms with E-state index in [1.54, 1.807) is 15.5 Å². The summed E-state index contributed by atoms with van der Waals surface area (Å²) in [6.45, 7) is 6.71. The van der Waals surface area contributed by atoms with Gasteiger partial charge in [0.25, 0.3) is 5.56 Å². The predicted octanol–water partition coefficient (Wildman–Crippen LogP) is 5.47. The Labute approximate surface area is 203 Å². The van der Waals surface area contributed by atoms with Gasteiger partial charge in [-0.3, -0.25) is 14.2 Å². The molecule has 6 nitrogen and oxygen atoms in total. The number of aryl methyl sites for hydroxylation is 1. The molecule has 35 heavy (non-hydrogen) atoms. The fraction of sp³-hybridized carbons (Fsp3) is 0.207. The summed E-state index contributed by atoms with van der Waals surface area (Å²) in [5.74, 6) is 0.228. The molecule has 0 spiro atoms. The number of hydrogen-bond acceptors (Lipinski definition) is 3. The smallest absolute Gasteiger partial charge is 0.278 e. The highest BCUT2D eigenvalue weighted by atomic mass is 16.2. The van der Waals surface area contributed by atoms with Crippen LogP contribution in [0.15, 0.2) is 83.9 Å². The molecule has 5 aromatic rings. The van der Waals surface area contributed by atoms with E-state index in [0.717, 1.165) is 27.7 Å². The largest absolute Gasteiger partial charge is 0.325 e. The highest BCUT2D eigenvalue weighted by molar-refractivity contribution is 6.06. The van der Waals surface area contributed by atoms with E-state index >= 15 is 0 Å². The molecule has 176 valence electrons. The first-order valence-corrected chi connectivity index (χ1v) is 11.8. The Bertz CT molecular complexity index is 1580. The summed E-state index contributed by atoms with van der Waals surface area (Å²) in [5.41, 5.74) is 5.74. The first-order valence-electron chi connectivity index (χ1n) is 11.8. The number of carbonyl (C=O) groups excluding carboxylic acids is 1. The molecular weight excluding hydrogens is 436 g/mol. The van der Waals surface area contributed by atoms with Crippen molar-refractivity contribution < 1.29 is 4.79 Å². The van der Waals surface area contributed by atoms with Gasteiger partial charge in [0.1, 0.15) is 17.6 Å². The summed E-state index contributed by atoms with van der Waals surface area (Å²) >= 11 is 0. The van der Waals surface area contributed by atoms with Gasteiger partial charge in [-0.2, -0.15) is 0 Å². The standard InChI is InChI=1S/C29H28N4O2/c1-19(2)22-10-12-23(13-11-22)31-26(34)17-33-25-14-9-20(3)15-24(25)27-28(33)29(35)32(18-30-27)16-21-7-5-4-6-8-21/h4-15,18-19H,16-17H2,1-3H3,(H,31,34). The normalized spacial score (nSPS) is 11.4. The molecule has 5 rings (SSSR count). The van der Waals surface area contributed by atoms with Crippen LogP contribution in [0.25, 0.3) is 21.9 Å². The molecule has 0 bridgehead atoms. The Kier molecular flexibility index (Phi) is 5.95. The molecule has 0 aliphatic rings. The Morgan fingerprint density at radius 3 is 2.46 bits per heavy atom.